The zero-order chi connectivity index (χ0) is 31.1. The summed E-state index contributed by atoms with van der Waals surface area (Å²) in [6.07, 6.45) is 42.8. The van der Waals surface area contributed by atoms with Crippen LogP contribution in [0.2, 0.25) is 5.04 Å². The summed E-state index contributed by atoms with van der Waals surface area (Å²) >= 11 is 0. The molecule has 0 saturated carbocycles. The van der Waals surface area contributed by atoms with Gasteiger partial charge in [-0.25, -0.2) is 0 Å². The lowest BCUT2D eigenvalue weighted by atomic mass is 10.0. The molecule has 0 fully saturated rings. The van der Waals surface area contributed by atoms with E-state index in [1.807, 2.05) is 0 Å². The smallest absolute Gasteiger partial charge is 0.00994 e. The van der Waals surface area contributed by atoms with Crippen LogP contribution in [-0.4, -0.2) is 10.2 Å². The van der Waals surface area contributed by atoms with Gasteiger partial charge in [-0.1, -0.05) is 163 Å². The summed E-state index contributed by atoms with van der Waals surface area (Å²) in [6.45, 7) is 22.0. The third-order valence-electron chi connectivity index (χ3n) is 6.33. The van der Waals surface area contributed by atoms with Crippen LogP contribution in [0.25, 0.3) is 0 Å². The number of allylic oxidation sites excluding steroid dienone is 24. The number of rotatable bonds is 17. The lowest BCUT2D eigenvalue weighted by molar-refractivity contribution is 0.577. The van der Waals surface area contributed by atoms with Crippen LogP contribution in [0, 0.1) is 0 Å². The molecule has 0 spiro atoms. The first-order valence-corrected chi connectivity index (χ1v) is 16.3. The van der Waals surface area contributed by atoms with Crippen LogP contribution in [0.4, 0.5) is 0 Å². The van der Waals surface area contributed by atoms with Gasteiger partial charge in [-0.05, 0) is 86.1 Å². The average Bonchev–Trinajstić information content (AvgIpc) is 2.85. The molecule has 0 nitrogen and oxygen atoms in total. The highest BCUT2D eigenvalue weighted by Gasteiger charge is 2.08. The van der Waals surface area contributed by atoms with E-state index in [0.29, 0.717) is 5.04 Å². The molecule has 0 amide bonds. The fraction of sp³-hybridized carbons (Fsp3) is 0.400. The van der Waals surface area contributed by atoms with Crippen molar-refractivity contribution in [2.45, 2.75) is 106 Å². The predicted octanol–water partition coefficient (Wildman–Crippen LogP) is 11.9. The predicted molar refractivity (Wildman–Crippen MR) is 195 cm³/mol. The van der Waals surface area contributed by atoms with E-state index in [2.05, 4.69) is 173 Å². The van der Waals surface area contributed by atoms with Crippen molar-refractivity contribution in [1.82, 2.24) is 0 Å². The topological polar surface area (TPSA) is 0 Å². The summed E-state index contributed by atoms with van der Waals surface area (Å²) in [6, 6.07) is 0. The van der Waals surface area contributed by atoms with Crippen LogP contribution in [0.1, 0.15) is 101 Å². The largest absolute Gasteiger partial charge is 0.0856 e. The van der Waals surface area contributed by atoms with E-state index in [1.165, 1.54) is 68.5 Å². The van der Waals surface area contributed by atoms with Gasteiger partial charge in [-0.15, -0.1) is 0 Å². The molecule has 0 aromatic carbocycles. The molecule has 0 atom stereocenters. The van der Waals surface area contributed by atoms with Gasteiger partial charge in [-0.2, -0.15) is 0 Å². The Morgan fingerprint density at radius 2 is 0.878 bits per heavy atom. The molecular weight excluding hydrogens is 509 g/mol. The van der Waals surface area contributed by atoms with Crippen molar-refractivity contribution in [3.05, 3.63) is 142 Å². The molecule has 0 aliphatic carbocycles. The Labute approximate surface area is 258 Å². The van der Waals surface area contributed by atoms with Crippen molar-refractivity contribution in [2.24, 2.45) is 0 Å². The molecule has 0 aliphatic heterocycles. The third kappa shape index (κ3) is 27.1. The van der Waals surface area contributed by atoms with Crippen molar-refractivity contribution < 1.29 is 0 Å². The molecule has 0 aromatic heterocycles. The van der Waals surface area contributed by atoms with E-state index in [-0.39, 0.29) is 0 Å². The summed E-state index contributed by atoms with van der Waals surface area (Å²) in [7, 11) is 1.27. The quantitative estimate of drug-likeness (QED) is 0.0929. The van der Waals surface area contributed by atoms with Gasteiger partial charge < -0.3 is 0 Å². The zero-order valence-corrected chi connectivity index (χ0v) is 30.4. The van der Waals surface area contributed by atoms with Crippen molar-refractivity contribution >= 4 is 10.2 Å². The second-order valence-electron chi connectivity index (χ2n) is 12.7. The summed E-state index contributed by atoms with van der Waals surface area (Å²) in [5.74, 6) is 0. The Kier molecular flexibility index (Phi) is 21.1. The van der Waals surface area contributed by atoms with Crippen LogP contribution in [0.5, 0.6) is 0 Å². The fourth-order valence-electron chi connectivity index (χ4n) is 3.72. The van der Waals surface area contributed by atoms with Gasteiger partial charge in [-0.3, -0.25) is 0 Å². The molecule has 224 valence electrons. The summed E-state index contributed by atoms with van der Waals surface area (Å²) < 4.78 is 0. The van der Waals surface area contributed by atoms with Crippen molar-refractivity contribution in [3.8, 4) is 0 Å². The number of hydrogen-bond acceptors (Lipinski definition) is 0. The minimum Gasteiger partial charge on any atom is -0.0856 e. The Morgan fingerprint density at radius 1 is 0.512 bits per heavy atom. The first kappa shape index (κ1) is 38.1. The minimum atomic E-state index is 0.564. The Balaban J connectivity index is 4.69. The Morgan fingerprint density at radius 3 is 1.27 bits per heavy atom. The Bertz CT molecular complexity index is 1130. The molecule has 0 saturated heterocycles. The maximum absolute atomic E-state index is 2.37. The second-order valence-corrected chi connectivity index (χ2v) is 15.4. The maximum Gasteiger partial charge on any atom is 0.00994 e. The molecule has 0 unspecified atom stereocenters. The van der Waals surface area contributed by atoms with Crippen LogP contribution in [0.15, 0.2) is 142 Å². The highest BCUT2D eigenvalue weighted by Crippen LogP contribution is 2.27. The summed E-state index contributed by atoms with van der Waals surface area (Å²) in [5.41, 5.74) is 9.19. The van der Waals surface area contributed by atoms with E-state index in [0.717, 1.165) is 12.8 Å². The van der Waals surface area contributed by atoms with Gasteiger partial charge in [0.15, 0.2) is 0 Å². The highest BCUT2D eigenvalue weighted by atomic mass is 28.1. The third-order valence-corrected chi connectivity index (χ3v) is 6.83. The van der Waals surface area contributed by atoms with Gasteiger partial charge in [0.25, 0.3) is 0 Å². The number of hydrogen-bond donors (Lipinski definition) is 0. The van der Waals surface area contributed by atoms with E-state index in [9.17, 15) is 0 Å². The zero-order valence-electron chi connectivity index (χ0n) is 28.4. The first-order valence-electron chi connectivity index (χ1n) is 15.3. The van der Waals surface area contributed by atoms with Crippen LogP contribution in [-0.2, 0) is 0 Å². The fourth-order valence-corrected chi connectivity index (χ4v) is 4.07. The van der Waals surface area contributed by atoms with E-state index < -0.39 is 0 Å². The monoisotopic (exact) mass is 568 g/mol. The lowest BCUT2D eigenvalue weighted by Gasteiger charge is -2.17. The van der Waals surface area contributed by atoms with Crippen molar-refractivity contribution in [3.63, 3.8) is 0 Å². The van der Waals surface area contributed by atoms with Crippen molar-refractivity contribution in [2.75, 3.05) is 0 Å². The minimum absolute atomic E-state index is 0.564. The molecule has 0 aliphatic rings. The Hall–Kier alpha value is -2.90. The normalized spacial score (nSPS) is 15.7. The first-order chi connectivity index (χ1) is 19.3. The molecule has 0 rings (SSSR count). The van der Waals surface area contributed by atoms with Crippen molar-refractivity contribution in [1.29, 1.82) is 0 Å². The van der Waals surface area contributed by atoms with Gasteiger partial charge in [0, 0.05) is 10.2 Å². The molecule has 0 aromatic rings. The van der Waals surface area contributed by atoms with E-state index in [4.69, 9.17) is 0 Å². The highest BCUT2D eigenvalue weighted by molar-refractivity contribution is 6.14. The standard InChI is InChI=1S/C40H60Si/c1-33(2)19-13-22-36(5)25-16-28-37(6)26-14-23-34(3)20-11-12-21-35(4)24-15-27-38(7)29-17-30-39(8)31-18-32-40(9,10)41/h11-12,14-17,19-21,23-30H,13,18,22,31-32H2,1-10,41H3/b12-11+,23-14+,24-15+,28-16+,29-17+,34-20+,35-21+,36-25+,37-26+,38-27+,39-30+. The summed E-state index contributed by atoms with van der Waals surface area (Å²) in [4.78, 5) is 0. The maximum atomic E-state index is 2.37. The molecule has 1 heteroatoms. The van der Waals surface area contributed by atoms with Crippen LogP contribution in [0.3, 0.4) is 0 Å². The molecule has 0 radical (unpaired) electrons. The molecule has 0 N–H and O–H groups in total. The van der Waals surface area contributed by atoms with E-state index >= 15 is 0 Å². The molecule has 41 heavy (non-hydrogen) atoms. The van der Waals surface area contributed by atoms with Crippen LogP contribution >= 0.6 is 0 Å². The molecule has 0 heterocycles. The van der Waals surface area contributed by atoms with Gasteiger partial charge in [0.1, 0.15) is 0 Å². The van der Waals surface area contributed by atoms with Gasteiger partial charge >= 0.3 is 0 Å². The molecular formula is C40H60Si. The van der Waals surface area contributed by atoms with Gasteiger partial charge in [0.05, 0.1) is 0 Å². The second kappa shape index (κ2) is 22.7. The van der Waals surface area contributed by atoms with Gasteiger partial charge in [0.2, 0.25) is 0 Å². The SMILES string of the molecule is CC(C)=CCC/C(C)=C/C=C/C(C)=C/C=C/C(C)=C/C=C/C=C(C)/C=C/C=C(C)/C=C/C=C(\C)CCCC(C)(C)[SiH3]. The van der Waals surface area contributed by atoms with Crippen LogP contribution < -0.4 is 0 Å². The molecule has 0 bridgehead atoms. The van der Waals surface area contributed by atoms with E-state index in [1.54, 1.807) is 0 Å². The summed E-state index contributed by atoms with van der Waals surface area (Å²) in [5, 5.41) is 0.564. The lowest BCUT2D eigenvalue weighted by Crippen LogP contribution is -2.01. The average molecular weight is 569 g/mol.